The van der Waals surface area contributed by atoms with E-state index in [-0.39, 0.29) is 12.0 Å². The summed E-state index contributed by atoms with van der Waals surface area (Å²) in [4.78, 5) is 0. The summed E-state index contributed by atoms with van der Waals surface area (Å²) in [7, 11) is 0. The van der Waals surface area contributed by atoms with Crippen LogP contribution in [0.25, 0.3) is 5.65 Å². The number of fused-ring (bicyclic) bond motifs is 1. The maximum absolute atomic E-state index is 8.98. The zero-order valence-corrected chi connectivity index (χ0v) is 9.37. The molecule has 1 aliphatic rings. The van der Waals surface area contributed by atoms with Crippen LogP contribution in [0.5, 0.6) is 0 Å². The number of rotatable bonds is 5. The highest BCUT2D eigenvalue weighted by Gasteiger charge is 2.41. The van der Waals surface area contributed by atoms with Crippen molar-refractivity contribution in [3.63, 3.8) is 0 Å². The topological polar surface area (TPSA) is 88.2 Å². The molecule has 0 radical (unpaired) electrons. The maximum atomic E-state index is 8.98. The smallest absolute Gasteiger partial charge is 0.200 e. The van der Waals surface area contributed by atoms with Gasteiger partial charge in [-0.05, 0) is 47.2 Å². The molecule has 0 atom stereocenters. The minimum atomic E-state index is 0.251. The monoisotopic (exact) mass is 234 g/mol. The fourth-order valence-electron chi connectivity index (χ4n) is 1.95. The number of aromatic nitrogens is 5. The average molecular weight is 234 g/mol. The number of hydrogen-bond acceptors (Lipinski definition) is 6. The molecule has 0 aromatic carbocycles. The molecule has 7 heteroatoms. The Hall–Kier alpha value is -1.76. The first-order valence-electron chi connectivity index (χ1n) is 5.72. The lowest BCUT2D eigenvalue weighted by atomic mass is 10.0. The van der Waals surface area contributed by atoms with Gasteiger partial charge in [0.15, 0.2) is 5.65 Å². The van der Waals surface area contributed by atoms with Crippen LogP contribution in [0, 0.1) is 5.41 Å². The first kappa shape index (κ1) is 10.4. The van der Waals surface area contributed by atoms with Crippen molar-refractivity contribution in [2.75, 3.05) is 18.5 Å². The molecule has 2 heterocycles. The summed E-state index contributed by atoms with van der Waals surface area (Å²) < 4.78 is 1.40. The quantitative estimate of drug-likeness (QED) is 0.762. The van der Waals surface area contributed by atoms with Crippen LogP contribution in [0.2, 0.25) is 0 Å². The van der Waals surface area contributed by atoms with Crippen molar-refractivity contribution < 1.29 is 5.11 Å². The molecular formula is C10H14N6O. The van der Waals surface area contributed by atoms with Gasteiger partial charge in [-0.2, -0.15) is 0 Å². The zero-order valence-electron chi connectivity index (χ0n) is 9.37. The molecule has 1 aliphatic carbocycles. The molecular weight excluding hydrogens is 220 g/mol. The third-order valence-electron chi connectivity index (χ3n) is 3.31. The molecule has 2 N–H and O–H groups in total. The number of nitrogens with one attached hydrogen (secondary N) is 1. The van der Waals surface area contributed by atoms with Gasteiger partial charge in [-0.1, -0.05) is 0 Å². The lowest BCUT2D eigenvalue weighted by Gasteiger charge is -2.14. The van der Waals surface area contributed by atoms with Crippen LogP contribution in [0.3, 0.4) is 0 Å². The highest BCUT2D eigenvalue weighted by atomic mass is 16.3. The third kappa shape index (κ3) is 2.05. The van der Waals surface area contributed by atoms with E-state index >= 15 is 0 Å². The van der Waals surface area contributed by atoms with Crippen LogP contribution in [0.4, 0.5) is 5.82 Å². The summed E-state index contributed by atoms with van der Waals surface area (Å²) in [6, 6.07) is 3.68. The van der Waals surface area contributed by atoms with Crippen LogP contribution in [-0.2, 0) is 0 Å². The Bertz CT molecular complexity index is 520. The highest BCUT2D eigenvalue weighted by Crippen LogP contribution is 2.48. The molecule has 0 aliphatic heterocycles. The Morgan fingerprint density at radius 3 is 3.06 bits per heavy atom. The molecule has 7 nitrogen and oxygen atoms in total. The highest BCUT2D eigenvalue weighted by molar-refractivity contribution is 5.42. The van der Waals surface area contributed by atoms with Crippen molar-refractivity contribution in [1.29, 1.82) is 0 Å². The van der Waals surface area contributed by atoms with Gasteiger partial charge in [-0.3, -0.25) is 0 Å². The number of aliphatic hydroxyl groups excluding tert-OH is 1. The molecule has 1 saturated carbocycles. The first-order chi connectivity index (χ1) is 8.31. The SMILES string of the molecule is OCCC1(CNc2ccc3nnnn3n2)CC1. The molecule has 2 aromatic rings. The van der Waals surface area contributed by atoms with E-state index in [2.05, 4.69) is 25.9 Å². The van der Waals surface area contributed by atoms with Crippen molar-refractivity contribution in [3.05, 3.63) is 12.1 Å². The summed E-state index contributed by atoms with van der Waals surface area (Å²) >= 11 is 0. The van der Waals surface area contributed by atoms with Gasteiger partial charge < -0.3 is 10.4 Å². The van der Waals surface area contributed by atoms with Crippen molar-refractivity contribution in [2.24, 2.45) is 5.41 Å². The molecule has 0 saturated heterocycles. The maximum Gasteiger partial charge on any atom is 0.200 e. The van der Waals surface area contributed by atoms with Crippen molar-refractivity contribution >= 4 is 11.5 Å². The number of tetrazole rings is 1. The standard InChI is InChI=1S/C10H14N6O/c17-6-5-10(3-4-10)7-11-8-1-2-9-12-14-15-16(9)13-8/h1-2,17H,3-7H2,(H,11,13). The molecule has 0 bridgehead atoms. The predicted molar refractivity (Wildman–Crippen MR) is 60.4 cm³/mol. The molecule has 0 unspecified atom stereocenters. The van der Waals surface area contributed by atoms with Crippen molar-refractivity contribution in [3.8, 4) is 0 Å². The molecule has 1 fully saturated rings. The van der Waals surface area contributed by atoms with E-state index < -0.39 is 0 Å². The van der Waals surface area contributed by atoms with Gasteiger partial charge in [0.2, 0.25) is 0 Å². The van der Waals surface area contributed by atoms with E-state index in [0.29, 0.717) is 5.65 Å². The second-order valence-corrected chi connectivity index (χ2v) is 4.57. The zero-order chi connectivity index (χ0) is 11.7. The fraction of sp³-hybridized carbons (Fsp3) is 0.600. The molecule has 17 heavy (non-hydrogen) atoms. The van der Waals surface area contributed by atoms with E-state index in [1.165, 1.54) is 17.5 Å². The van der Waals surface area contributed by atoms with Crippen molar-refractivity contribution in [2.45, 2.75) is 19.3 Å². The summed E-state index contributed by atoms with van der Waals surface area (Å²) in [5.41, 5.74) is 0.901. The van der Waals surface area contributed by atoms with Gasteiger partial charge in [-0.15, -0.1) is 14.8 Å². The average Bonchev–Trinajstić information content (AvgIpc) is 2.95. The summed E-state index contributed by atoms with van der Waals surface area (Å²) in [5, 5.41) is 27.5. The summed E-state index contributed by atoms with van der Waals surface area (Å²) in [6.07, 6.45) is 3.20. The van der Waals surface area contributed by atoms with Gasteiger partial charge in [0.05, 0.1) is 0 Å². The van der Waals surface area contributed by atoms with Crippen LogP contribution >= 0.6 is 0 Å². The fourth-order valence-corrected chi connectivity index (χ4v) is 1.95. The Morgan fingerprint density at radius 1 is 1.41 bits per heavy atom. The lowest BCUT2D eigenvalue weighted by Crippen LogP contribution is -2.18. The number of nitrogens with zero attached hydrogens (tertiary/aromatic N) is 5. The third-order valence-corrected chi connectivity index (χ3v) is 3.31. The van der Waals surface area contributed by atoms with Gasteiger partial charge in [0, 0.05) is 13.2 Å². The second kappa shape index (κ2) is 3.92. The Balaban J connectivity index is 1.68. The minimum absolute atomic E-state index is 0.251. The molecule has 0 spiro atoms. The Morgan fingerprint density at radius 2 is 2.29 bits per heavy atom. The van der Waals surface area contributed by atoms with Crippen LogP contribution in [-0.4, -0.2) is 43.5 Å². The molecule has 2 aromatic heterocycles. The molecule has 90 valence electrons. The largest absolute Gasteiger partial charge is 0.396 e. The molecule has 0 amide bonds. The van der Waals surface area contributed by atoms with E-state index in [9.17, 15) is 0 Å². The number of anilines is 1. The normalized spacial score (nSPS) is 17.2. The van der Waals surface area contributed by atoms with Crippen LogP contribution < -0.4 is 5.32 Å². The summed E-state index contributed by atoms with van der Waals surface area (Å²) in [5.74, 6) is 0.758. The number of aliphatic hydroxyl groups is 1. The second-order valence-electron chi connectivity index (χ2n) is 4.57. The van der Waals surface area contributed by atoms with Crippen molar-refractivity contribution in [1.82, 2.24) is 25.3 Å². The van der Waals surface area contributed by atoms with Crippen LogP contribution in [0.15, 0.2) is 12.1 Å². The van der Waals surface area contributed by atoms with Crippen LogP contribution in [0.1, 0.15) is 19.3 Å². The van der Waals surface area contributed by atoms with Gasteiger partial charge in [-0.25, -0.2) is 0 Å². The van der Waals surface area contributed by atoms with E-state index in [1.807, 2.05) is 12.1 Å². The van der Waals surface area contributed by atoms with E-state index in [1.54, 1.807) is 0 Å². The van der Waals surface area contributed by atoms with E-state index in [4.69, 9.17) is 5.11 Å². The Kier molecular flexibility index (Phi) is 2.40. The van der Waals surface area contributed by atoms with Gasteiger partial charge >= 0.3 is 0 Å². The molecule has 3 rings (SSSR count). The van der Waals surface area contributed by atoms with E-state index in [0.717, 1.165) is 18.8 Å². The predicted octanol–water partition coefficient (Wildman–Crippen LogP) is 0.0938. The number of hydrogen-bond donors (Lipinski definition) is 2. The van der Waals surface area contributed by atoms with Gasteiger partial charge in [0.25, 0.3) is 0 Å². The van der Waals surface area contributed by atoms with Gasteiger partial charge in [0.1, 0.15) is 5.82 Å². The lowest BCUT2D eigenvalue weighted by molar-refractivity contribution is 0.253. The minimum Gasteiger partial charge on any atom is -0.396 e. The summed E-state index contributed by atoms with van der Waals surface area (Å²) in [6.45, 7) is 1.09. The first-order valence-corrected chi connectivity index (χ1v) is 5.72. The Labute approximate surface area is 97.8 Å².